The Labute approximate surface area is 316 Å². The Bertz CT molecular complexity index is 3400. The molecule has 8 aromatic carbocycles. The van der Waals surface area contributed by atoms with Gasteiger partial charge >= 0.3 is 0 Å². The fourth-order valence-electron chi connectivity index (χ4n) is 8.78. The lowest BCUT2D eigenvalue weighted by atomic mass is 9.97. The molecule has 11 rings (SSSR count). The van der Waals surface area contributed by atoms with Gasteiger partial charge in [-0.25, -0.2) is 0 Å². The number of para-hydroxylation sites is 4. The molecular formula is C50H29N5. The number of benzene rings is 8. The van der Waals surface area contributed by atoms with Crippen LogP contribution in [-0.4, -0.2) is 13.7 Å². The Balaban J connectivity index is 1.11. The first-order valence-electron chi connectivity index (χ1n) is 18.3. The van der Waals surface area contributed by atoms with Gasteiger partial charge in [0.05, 0.1) is 62.1 Å². The summed E-state index contributed by atoms with van der Waals surface area (Å²) in [6.45, 7) is 0. The van der Waals surface area contributed by atoms with E-state index in [0.717, 1.165) is 61.0 Å². The lowest BCUT2D eigenvalue weighted by Crippen LogP contribution is -2.00. The largest absolute Gasteiger partial charge is 0.309 e. The van der Waals surface area contributed by atoms with Gasteiger partial charge in [-0.05, 0) is 84.4 Å². The van der Waals surface area contributed by atoms with Crippen LogP contribution in [0.15, 0.2) is 176 Å². The standard InChI is InChI=1S/C50H29N5/c51-30-32-20-27-47-42(28-32)40-14-4-8-18-46(40)55(47)48-19-9-10-34(31-52)50(48)33-21-23-35(24-22-33)53-43-15-5-3-13-39(43)41-26-25-36(29-49(41)53)54-44-16-6-1-11-37(44)38-12-2-7-17-45(38)54/h1-29H. The van der Waals surface area contributed by atoms with E-state index < -0.39 is 0 Å². The van der Waals surface area contributed by atoms with Crippen LogP contribution in [0.1, 0.15) is 11.1 Å². The average molecular weight is 700 g/mol. The average Bonchev–Trinajstić information content (AvgIpc) is 3.88. The molecule has 5 nitrogen and oxygen atoms in total. The Morgan fingerprint density at radius 2 is 0.855 bits per heavy atom. The van der Waals surface area contributed by atoms with Crippen molar-refractivity contribution < 1.29 is 0 Å². The number of rotatable bonds is 4. The van der Waals surface area contributed by atoms with Gasteiger partial charge in [-0.1, -0.05) is 97.1 Å². The zero-order chi connectivity index (χ0) is 36.6. The first-order chi connectivity index (χ1) is 27.2. The second-order valence-electron chi connectivity index (χ2n) is 14.0. The molecule has 0 N–H and O–H groups in total. The number of nitriles is 2. The molecule has 0 radical (unpaired) electrons. The van der Waals surface area contributed by atoms with Crippen molar-refractivity contribution in [3.63, 3.8) is 0 Å². The summed E-state index contributed by atoms with van der Waals surface area (Å²) in [7, 11) is 0. The van der Waals surface area contributed by atoms with E-state index in [9.17, 15) is 10.5 Å². The second kappa shape index (κ2) is 11.8. The van der Waals surface area contributed by atoms with Crippen LogP contribution in [0, 0.1) is 22.7 Å². The molecule has 0 saturated heterocycles. The van der Waals surface area contributed by atoms with Crippen LogP contribution in [0.3, 0.4) is 0 Å². The van der Waals surface area contributed by atoms with Crippen LogP contribution in [0.2, 0.25) is 0 Å². The summed E-state index contributed by atoms with van der Waals surface area (Å²) in [6.07, 6.45) is 0. The van der Waals surface area contributed by atoms with Gasteiger partial charge in [0, 0.05) is 49.3 Å². The van der Waals surface area contributed by atoms with Crippen molar-refractivity contribution in [1.29, 1.82) is 10.5 Å². The molecule has 0 aliphatic heterocycles. The molecule has 254 valence electrons. The highest BCUT2D eigenvalue weighted by atomic mass is 15.0. The van der Waals surface area contributed by atoms with Crippen LogP contribution in [0.25, 0.3) is 93.6 Å². The molecule has 0 unspecified atom stereocenters. The molecule has 0 atom stereocenters. The second-order valence-corrected chi connectivity index (χ2v) is 14.0. The fraction of sp³-hybridized carbons (Fsp3) is 0. The summed E-state index contributed by atoms with van der Waals surface area (Å²) >= 11 is 0. The van der Waals surface area contributed by atoms with E-state index in [1.807, 2.05) is 42.5 Å². The summed E-state index contributed by atoms with van der Waals surface area (Å²) in [6, 6.07) is 66.0. The monoisotopic (exact) mass is 699 g/mol. The third kappa shape index (κ3) is 4.45. The van der Waals surface area contributed by atoms with E-state index >= 15 is 0 Å². The SMILES string of the molecule is N#Cc1ccc2c(c1)c1ccccc1n2-c1cccc(C#N)c1-c1ccc(-n2c3ccccc3c3ccc(-n4c5ccccc5c5ccccc54)cc32)cc1. The summed E-state index contributed by atoms with van der Waals surface area (Å²) in [4.78, 5) is 0. The molecule has 0 aliphatic carbocycles. The molecule has 3 heterocycles. The van der Waals surface area contributed by atoms with Crippen molar-refractivity contribution in [2.75, 3.05) is 0 Å². The number of nitrogens with zero attached hydrogens (tertiary/aromatic N) is 5. The lowest BCUT2D eigenvalue weighted by molar-refractivity contribution is 1.15. The van der Waals surface area contributed by atoms with Crippen LogP contribution in [0.5, 0.6) is 0 Å². The molecule has 0 amide bonds. The highest BCUT2D eigenvalue weighted by Gasteiger charge is 2.20. The van der Waals surface area contributed by atoms with Crippen LogP contribution < -0.4 is 0 Å². The number of fused-ring (bicyclic) bond motifs is 9. The third-order valence-electron chi connectivity index (χ3n) is 11.1. The summed E-state index contributed by atoms with van der Waals surface area (Å²) in [5, 5.41) is 27.1. The number of hydrogen-bond acceptors (Lipinski definition) is 2. The molecule has 11 aromatic rings. The first kappa shape index (κ1) is 30.7. The highest BCUT2D eigenvalue weighted by molar-refractivity contribution is 6.13. The number of aromatic nitrogens is 3. The van der Waals surface area contributed by atoms with Gasteiger partial charge in [-0.3, -0.25) is 0 Å². The minimum absolute atomic E-state index is 0.595. The van der Waals surface area contributed by atoms with Crippen molar-refractivity contribution in [3.05, 3.63) is 187 Å². The molecule has 0 aliphatic rings. The maximum atomic E-state index is 10.5. The van der Waals surface area contributed by atoms with Gasteiger partial charge < -0.3 is 13.7 Å². The minimum atomic E-state index is 0.595. The maximum absolute atomic E-state index is 10.5. The maximum Gasteiger partial charge on any atom is 0.0998 e. The molecule has 0 spiro atoms. The van der Waals surface area contributed by atoms with E-state index in [4.69, 9.17) is 0 Å². The van der Waals surface area contributed by atoms with Crippen molar-refractivity contribution in [2.45, 2.75) is 0 Å². The van der Waals surface area contributed by atoms with Crippen molar-refractivity contribution in [3.8, 4) is 40.3 Å². The summed E-state index contributed by atoms with van der Waals surface area (Å²) in [5.41, 5.74) is 12.7. The van der Waals surface area contributed by atoms with Gasteiger partial charge in [0.25, 0.3) is 0 Å². The van der Waals surface area contributed by atoms with Crippen molar-refractivity contribution >= 4 is 65.4 Å². The zero-order valence-electron chi connectivity index (χ0n) is 29.5. The van der Waals surface area contributed by atoms with Crippen LogP contribution in [-0.2, 0) is 0 Å². The summed E-state index contributed by atoms with van der Waals surface area (Å²) < 4.78 is 6.94. The normalized spacial score (nSPS) is 11.6. The molecule has 3 aromatic heterocycles. The predicted octanol–water partition coefficient (Wildman–Crippen LogP) is 12.4. The summed E-state index contributed by atoms with van der Waals surface area (Å²) in [5.74, 6) is 0. The zero-order valence-corrected chi connectivity index (χ0v) is 29.5. The quantitative estimate of drug-likeness (QED) is 0.184. The topological polar surface area (TPSA) is 62.4 Å². The molecule has 0 bridgehead atoms. The van der Waals surface area contributed by atoms with Gasteiger partial charge in [-0.2, -0.15) is 10.5 Å². The Morgan fingerprint density at radius 3 is 1.45 bits per heavy atom. The van der Waals surface area contributed by atoms with Gasteiger partial charge in [0.1, 0.15) is 0 Å². The van der Waals surface area contributed by atoms with E-state index in [2.05, 4.69) is 159 Å². The van der Waals surface area contributed by atoms with Crippen LogP contribution >= 0.6 is 0 Å². The predicted molar refractivity (Wildman–Crippen MR) is 224 cm³/mol. The van der Waals surface area contributed by atoms with Crippen molar-refractivity contribution in [2.24, 2.45) is 0 Å². The molecule has 0 fully saturated rings. The smallest absolute Gasteiger partial charge is 0.0998 e. The van der Waals surface area contributed by atoms with E-state index in [0.29, 0.717) is 11.1 Å². The molecular weight excluding hydrogens is 671 g/mol. The van der Waals surface area contributed by atoms with Crippen molar-refractivity contribution in [1.82, 2.24) is 13.7 Å². The fourth-order valence-corrected chi connectivity index (χ4v) is 8.78. The van der Waals surface area contributed by atoms with Crippen LogP contribution in [0.4, 0.5) is 0 Å². The molecule has 55 heavy (non-hydrogen) atoms. The van der Waals surface area contributed by atoms with E-state index in [-0.39, 0.29) is 0 Å². The Hall–Kier alpha value is -7.86. The Morgan fingerprint density at radius 1 is 0.345 bits per heavy atom. The minimum Gasteiger partial charge on any atom is -0.309 e. The Kier molecular flexibility index (Phi) is 6.61. The van der Waals surface area contributed by atoms with Gasteiger partial charge in [0.2, 0.25) is 0 Å². The number of hydrogen-bond donors (Lipinski definition) is 0. The first-order valence-corrected chi connectivity index (χ1v) is 18.3. The molecule has 5 heteroatoms. The molecule has 0 saturated carbocycles. The third-order valence-corrected chi connectivity index (χ3v) is 11.1. The lowest BCUT2D eigenvalue weighted by Gasteiger charge is -2.16. The van der Waals surface area contributed by atoms with E-state index in [1.165, 1.54) is 32.6 Å². The van der Waals surface area contributed by atoms with Gasteiger partial charge in [0.15, 0.2) is 0 Å². The highest BCUT2D eigenvalue weighted by Crippen LogP contribution is 2.40. The van der Waals surface area contributed by atoms with Gasteiger partial charge in [-0.15, -0.1) is 0 Å². The van der Waals surface area contributed by atoms with E-state index in [1.54, 1.807) is 0 Å².